The summed E-state index contributed by atoms with van der Waals surface area (Å²) < 4.78 is 0. The number of hydrogen-bond acceptors (Lipinski definition) is 3. The number of rotatable bonds is 3. The summed E-state index contributed by atoms with van der Waals surface area (Å²) in [5.74, 6) is -0.362. The van der Waals surface area contributed by atoms with Crippen molar-refractivity contribution in [3.8, 4) is 0 Å². The first kappa shape index (κ1) is 12.1. The average Bonchev–Trinajstić information content (AvgIpc) is 2.75. The van der Waals surface area contributed by atoms with Gasteiger partial charge < -0.3 is 16.2 Å². The van der Waals surface area contributed by atoms with Gasteiger partial charge >= 0.3 is 0 Å². The van der Waals surface area contributed by atoms with E-state index < -0.39 is 6.10 Å². The lowest BCUT2D eigenvalue weighted by atomic mass is 10.1. The van der Waals surface area contributed by atoms with Crippen LogP contribution in [0.25, 0.3) is 0 Å². The lowest BCUT2D eigenvalue weighted by molar-refractivity contribution is -0.130. The van der Waals surface area contributed by atoms with Gasteiger partial charge in [-0.15, -0.1) is 0 Å². The minimum absolute atomic E-state index is 0.000798. The highest BCUT2D eigenvalue weighted by Gasteiger charge is 2.27. The first-order chi connectivity index (χ1) is 8.18. The molecule has 3 atom stereocenters. The number of nitrogens with two attached hydrogens (primary N) is 1. The van der Waals surface area contributed by atoms with E-state index in [0.29, 0.717) is 5.56 Å². The second-order valence-electron chi connectivity index (χ2n) is 4.52. The molecule has 0 bridgehead atoms. The fourth-order valence-electron chi connectivity index (χ4n) is 2.22. The van der Waals surface area contributed by atoms with E-state index in [9.17, 15) is 9.90 Å². The molecule has 3 unspecified atom stereocenters. The molecule has 1 aliphatic carbocycles. The van der Waals surface area contributed by atoms with E-state index in [4.69, 9.17) is 5.73 Å². The largest absolute Gasteiger partial charge is 0.378 e. The zero-order valence-electron chi connectivity index (χ0n) is 9.67. The number of amides is 1. The molecule has 1 aromatic rings. The maximum absolute atomic E-state index is 11.8. The number of aliphatic hydroxyl groups excluding tert-OH is 1. The van der Waals surface area contributed by atoms with E-state index in [0.717, 1.165) is 19.3 Å². The highest BCUT2D eigenvalue weighted by Crippen LogP contribution is 2.19. The van der Waals surface area contributed by atoms with Gasteiger partial charge in [-0.05, 0) is 24.8 Å². The van der Waals surface area contributed by atoms with Crippen LogP contribution in [0.4, 0.5) is 0 Å². The quantitative estimate of drug-likeness (QED) is 0.721. The van der Waals surface area contributed by atoms with Crippen molar-refractivity contribution in [3.63, 3.8) is 0 Å². The Morgan fingerprint density at radius 1 is 1.35 bits per heavy atom. The third-order valence-corrected chi connectivity index (χ3v) is 3.26. The summed E-state index contributed by atoms with van der Waals surface area (Å²) >= 11 is 0. The van der Waals surface area contributed by atoms with Crippen LogP contribution in [0, 0.1) is 0 Å². The molecule has 0 aromatic heterocycles. The zero-order valence-corrected chi connectivity index (χ0v) is 9.67. The molecule has 1 aromatic carbocycles. The Hall–Kier alpha value is -1.39. The van der Waals surface area contributed by atoms with E-state index >= 15 is 0 Å². The van der Waals surface area contributed by atoms with Gasteiger partial charge in [-0.2, -0.15) is 0 Å². The summed E-state index contributed by atoms with van der Waals surface area (Å²) in [7, 11) is 0. The van der Waals surface area contributed by atoms with Crippen LogP contribution >= 0.6 is 0 Å². The van der Waals surface area contributed by atoms with Crippen LogP contribution in [0.3, 0.4) is 0 Å². The maximum Gasteiger partial charge on any atom is 0.253 e. The van der Waals surface area contributed by atoms with Gasteiger partial charge in [0.05, 0.1) is 0 Å². The second kappa shape index (κ2) is 5.29. The van der Waals surface area contributed by atoms with Gasteiger partial charge in [0, 0.05) is 12.1 Å². The standard InChI is InChI=1S/C13H18N2O2/c14-10-7-4-8-11(10)15-13(17)12(16)9-5-2-1-3-6-9/h1-3,5-6,10-12,16H,4,7-8,14H2,(H,15,17). The topological polar surface area (TPSA) is 75.3 Å². The monoisotopic (exact) mass is 234 g/mol. The van der Waals surface area contributed by atoms with Crippen molar-refractivity contribution in [2.45, 2.75) is 37.5 Å². The van der Waals surface area contributed by atoms with E-state index in [2.05, 4.69) is 5.32 Å². The van der Waals surface area contributed by atoms with Crippen LogP contribution in [-0.2, 0) is 4.79 Å². The van der Waals surface area contributed by atoms with Crippen molar-refractivity contribution in [1.29, 1.82) is 0 Å². The Labute approximate surface area is 101 Å². The fraction of sp³-hybridized carbons (Fsp3) is 0.462. The molecular formula is C13H18N2O2. The van der Waals surface area contributed by atoms with Crippen molar-refractivity contribution in [1.82, 2.24) is 5.32 Å². The molecule has 1 amide bonds. The molecule has 92 valence electrons. The highest BCUT2D eigenvalue weighted by atomic mass is 16.3. The summed E-state index contributed by atoms with van der Waals surface area (Å²) in [6, 6.07) is 8.93. The Kier molecular flexibility index (Phi) is 3.76. The highest BCUT2D eigenvalue weighted by molar-refractivity contribution is 5.82. The maximum atomic E-state index is 11.8. The van der Waals surface area contributed by atoms with Gasteiger partial charge in [0.1, 0.15) is 0 Å². The summed E-state index contributed by atoms with van der Waals surface area (Å²) in [6.07, 6.45) is 1.76. The molecule has 4 N–H and O–H groups in total. The Balaban J connectivity index is 1.96. The number of carbonyl (C=O) groups is 1. The molecule has 1 fully saturated rings. The lowest BCUT2D eigenvalue weighted by Crippen LogP contribution is -2.45. The predicted molar refractivity (Wildman–Crippen MR) is 65.2 cm³/mol. The SMILES string of the molecule is NC1CCCC1NC(=O)C(O)c1ccccc1. The van der Waals surface area contributed by atoms with Gasteiger partial charge in [-0.3, -0.25) is 4.79 Å². The number of carbonyl (C=O) groups excluding carboxylic acids is 1. The molecule has 4 nitrogen and oxygen atoms in total. The van der Waals surface area contributed by atoms with Crippen LogP contribution in [0.2, 0.25) is 0 Å². The molecule has 1 saturated carbocycles. The fourth-order valence-corrected chi connectivity index (χ4v) is 2.22. The normalized spacial score (nSPS) is 25.5. The van der Waals surface area contributed by atoms with E-state index in [1.54, 1.807) is 24.3 Å². The van der Waals surface area contributed by atoms with Gasteiger partial charge in [0.2, 0.25) is 0 Å². The van der Waals surface area contributed by atoms with Crippen molar-refractivity contribution in [2.75, 3.05) is 0 Å². The molecule has 4 heteroatoms. The van der Waals surface area contributed by atoms with Crippen molar-refractivity contribution in [2.24, 2.45) is 5.73 Å². The van der Waals surface area contributed by atoms with Gasteiger partial charge in [0.25, 0.3) is 5.91 Å². The summed E-state index contributed by atoms with van der Waals surface area (Å²) in [5, 5.41) is 12.7. The molecule has 0 spiro atoms. The molecule has 0 heterocycles. The van der Waals surface area contributed by atoms with Crippen LogP contribution < -0.4 is 11.1 Å². The third kappa shape index (κ3) is 2.84. The zero-order chi connectivity index (χ0) is 12.3. The van der Waals surface area contributed by atoms with Crippen molar-refractivity contribution in [3.05, 3.63) is 35.9 Å². The number of nitrogens with one attached hydrogen (secondary N) is 1. The summed E-state index contributed by atoms with van der Waals surface area (Å²) in [6.45, 7) is 0. The Morgan fingerprint density at radius 2 is 2.06 bits per heavy atom. The Morgan fingerprint density at radius 3 is 2.65 bits per heavy atom. The van der Waals surface area contributed by atoms with Crippen LogP contribution in [0.15, 0.2) is 30.3 Å². The number of hydrogen-bond donors (Lipinski definition) is 3. The van der Waals surface area contributed by atoms with E-state index in [-0.39, 0.29) is 18.0 Å². The number of benzene rings is 1. The molecule has 0 radical (unpaired) electrons. The second-order valence-corrected chi connectivity index (χ2v) is 4.52. The van der Waals surface area contributed by atoms with Gasteiger partial charge in [0.15, 0.2) is 6.10 Å². The minimum atomic E-state index is -1.11. The lowest BCUT2D eigenvalue weighted by Gasteiger charge is -2.19. The molecule has 17 heavy (non-hydrogen) atoms. The van der Waals surface area contributed by atoms with Crippen LogP contribution in [0.1, 0.15) is 30.9 Å². The van der Waals surface area contributed by atoms with Gasteiger partial charge in [-0.1, -0.05) is 30.3 Å². The van der Waals surface area contributed by atoms with Crippen molar-refractivity contribution >= 4 is 5.91 Å². The molecule has 0 saturated heterocycles. The van der Waals surface area contributed by atoms with Crippen molar-refractivity contribution < 1.29 is 9.90 Å². The summed E-state index contributed by atoms with van der Waals surface area (Å²) in [5.41, 5.74) is 6.48. The van der Waals surface area contributed by atoms with Crippen LogP contribution in [-0.4, -0.2) is 23.1 Å². The van der Waals surface area contributed by atoms with E-state index in [1.165, 1.54) is 0 Å². The first-order valence-corrected chi connectivity index (χ1v) is 5.97. The smallest absolute Gasteiger partial charge is 0.253 e. The third-order valence-electron chi connectivity index (χ3n) is 3.26. The average molecular weight is 234 g/mol. The Bertz CT molecular complexity index is 380. The first-order valence-electron chi connectivity index (χ1n) is 5.97. The molecular weight excluding hydrogens is 216 g/mol. The molecule has 1 aliphatic rings. The van der Waals surface area contributed by atoms with E-state index in [1.807, 2.05) is 6.07 Å². The molecule has 2 rings (SSSR count). The predicted octanol–water partition coefficient (Wildman–Crippen LogP) is 0.716. The van der Waals surface area contributed by atoms with Crippen LogP contribution in [0.5, 0.6) is 0 Å². The summed E-state index contributed by atoms with van der Waals surface area (Å²) in [4.78, 5) is 11.8. The molecule has 0 aliphatic heterocycles. The number of aliphatic hydroxyl groups is 1. The minimum Gasteiger partial charge on any atom is -0.378 e. The van der Waals surface area contributed by atoms with Gasteiger partial charge in [-0.25, -0.2) is 0 Å².